The molecule has 0 atom stereocenters. The summed E-state index contributed by atoms with van der Waals surface area (Å²) in [5, 5.41) is 7.70. The second kappa shape index (κ2) is 8.85. The maximum atomic E-state index is 12.4. The molecule has 0 unspecified atom stereocenters. The third kappa shape index (κ3) is 4.41. The standard InChI is InChI=1S/C25H21N3O4/c1-16-10-11-19(12-17(16)2)27-23(29)15-32-20-7-5-6-18(13-20)14-26-28-24(30)21-8-3-4-9-22(21)25(28)31/h3-14H,15H2,1-2H3,(H,27,29). The average molecular weight is 427 g/mol. The first-order valence-electron chi connectivity index (χ1n) is 10.0. The molecule has 3 aromatic rings. The highest BCUT2D eigenvalue weighted by Gasteiger charge is 2.35. The lowest BCUT2D eigenvalue weighted by molar-refractivity contribution is -0.118. The molecule has 4 rings (SSSR count). The first-order valence-corrected chi connectivity index (χ1v) is 10.0. The Morgan fingerprint density at radius 1 is 0.938 bits per heavy atom. The fourth-order valence-corrected chi connectivity index (χ4v) is 3.26. The maximum absolute atomic E-state index is 12.4. The number of rotatable bonds is 6. The van der Waals surface area contributed by atoms with E-state index in [2.05, 4.69) is 10.4 Å². The Hall–Kier alpha value is -4.26. The van der Waals surface area contributed by atoms with Gasteiger partial charge in [-0.2, -0.15) is 10.1 Å². The van der Waals surface area contributed by atoms with Crippen LogP contribution in [0.1, 0.15) is 37.4 Å². The summed E-state index contributed by atoms with van der Waals surface area (Å²) in [5.41, 5.74) is 4.24. The number of aryl methyl sites for hydroxylation is 2. The average Bonchev–Trinajstić information content (AvgIpc) is 3.04. The molecule has 1 N–H and O–H groups in total. The van der Waals surface area contributed by atoms with Gasteiger partial charge in [0.15, 0.2) is 6.61 Å². The molecular formula is C25H21N3O4. The van der Waals surface area contributed by atoms with Crippen LogP contribution in [0.15, 0.2) is 71.8 Å². The van der Waals surface area contributed by atoms with Crippen LogP contribution >= 0.6 is 0 Å². The highest BCUT2D eigenvalue weighted by molar-refractivity contribution is 6.21. The Morgan fingerprint density at radius 2 is 1.66 bits per heavy atom. The predicted octanol–water partition coefficient (Wildman–Crippen LogP) is 3.95. The molecule has 7 nitrogen and oxygen atoms in total. The number of nitrogens with zero attached hydrogens (tertiary/aromatic N) is 2. The van der Waals surface area contributed by atoms with E-state index in [9.17, 15) is 14.4 Å². The van der Waals surface area contributed by atoms with Crippen LogP contribution in [0.2, 0.25) is 0 Å². The molecule has 0 saturated carbocycles. The number of amides is 3. The molecule has 1 aliphatic rings. The van der Waals surface area contributed by atoms with Crippen LogP contribution < -0.4 is 10.1 Å². The predicted molar refractivity (Wildman–Crippen MR) is 121 cm³/mol. The van der Waals surface area contributed by atoms with Crippen LogP contribution in [0, 0.1) is 13.8 Å². The summed E-state index contributed by atoms with van der Waals surface area (Å²) >= 11 is 0. The maximum Gasteiger partial charge on any atom is 0.282 e. The quantitative estimate of drug-likeness (QED) is 0.477. The van der Waals surface area contributed by atoms with Gasteiger partial charge < -0.3 is 10.1 Å². The Kier molecular flexibility index (Phi) is 5.81. The van der Waals surface area contributed by atoms with E-state index in [1.165, 1.54) is 6.21 Å². The molecule has 0 aromatic heterocycles. The van der Waals surface area contributed by atoms with E-state index in [0.29, 0.717) is 28.1 Å². The molecule has 3 aromatic carbocycles. The van der Waals surface area contributed by atoms with Gasteiger partial charge in [-0.25, -0.2) is 0 Å². The molecule has 7 heteroatoms. The number of carbonyl (C=O) groups is 3. The van der Waals surface area contributed by atoms with Gasteiger partial charge in [-0.15, -0.1) is 0 Å². The van der Waals surface area contributed by atoms with Gasteiger partial charge >= 0.3 is 0 Å². The number of nitrogens with one attached hydrogen (secondary N) is 1. The molecule has 0 fully saturated rings. The molecule has 32 heavy (non-hydrogen) atoms. The lowest BCUT2D eigenvalue weighted by Crippen LogP contribution is -2.24. The highest BCUT2D eigenvalue weighted by Crippen LogP contribution is 2.22. The molecule has 1 aliphatic heterocycles. The fraction of sp³-hybridized carbons (Fsp3) is 0.120. The number of anilines is 1. The van der Waals surface area contributed by atoms with Crippen LogP contribution in [-0.4, -0.2) is 35.6 Å². The Balaban J connectivity index is 1.37. The normalized spacial score (nSPS) is 12.9. The minimum atomic E-state index is -0.461. The lowest BCUT2D eigenvalue weighted by atomic mass is 10.1. The van der Waals surface area contributed by atoms with E-state index < -0.39 is 11.8 Å². The Labute approximate surface area is 185 Å². The van der Waals surface area contributed by atoms with Crippen LogP contribution in [-0.2, 0) is 4.79 Å². The number of imide groups is 1. The van der Waals surface area contributed by atoms with Crippen molar-refractivity contribution in [2.45, 2.75) is 13.8 Å². The van der Waals surface area contributed by atoms with Gasteiger partial charge in [0.05, 0.1) is 17.3 Å². The number of fused-ring (bicyclic) bond motifs is 1. The largest absolute Gasteiger partial charge is 0.484 e. The van der Waals surface area contributed by atoms with Crippen molar-refractivity contribution in [2.75, 3.05) is 11.9 Å². The molecular weight excluding hydrogens is 406 g/mol. The molecule has 1 heterocycles. The van der Waals surface area contributed by atoms with Crippen molar-refractivity contribution in [3.63, 3.8) is 0 Å². The summed E-state index contributed by atoms with van der Waals surface area (Å²) in [7, 11) is 0. The molecule has 0 saturated heterocycles. The van der Waals surface area contributed by atoms with Crippen LogP contribution in [0.25, 0.3) is 0 Å². The number of carbonyl (C=O) groups excluding carboxylic acids is 3. The molecule has 0 aliphatic carbocycles. The molecule has 0 radical (unpaired) electrons. The minimum absolute atomic E-state index is 0.161. The van der Waals surface area contributed by atoms with Gasteiger partial charge in [-0.3, -0.25) is 14.4 Å². The zero-order valence-electron chi connectivity index (χ0n) is 17.7. The van der Waals surface area contributed by atoms with Crippen molar-refractivity contribution in [2.24, 2.45) is 5.10 Å². The van der Waals surface area contributed by atoms with Crippen LogP contribution in [0.5, 0.6) is 5.75 Å². The monoisotopic (exact) mass is 427 g/mol. The van der Waals surface area contributed by atoms with E-state index in [1.54, 1.807) is 48.5 Å². The summed E-state index contributed by atoms with van der Waals surface area (Å²) in [6.45, 7) is 3.83. The van der Waals surface area contributed by atoms with Crippen LogP contribution in [0.4, 0.5) is 5.69 Å². The number of hydrazone groups is 1. The van der Waals surface area contributed by atoms with E-state index in [-0.39, 0.29) is 12.5 Å². The minimum Gasteiger partial charge on any atom is -0.484 e. The van der Waals surface area contributed by atoms with Crippen LogP contribution in [0.3, 0.4) is 0 Å². The topological polar surface area (TPSA) is 88.1 Å². The second-order valence-electron chi connectivity index (χ2n) is 7.42. The molecule has 160 valence electrons. The number of hydrogen-bond acceptors (Lipinski definition) is 5. The van der Waals surface area contributed by atoms with Gasteiger partial charge in [-0.05, 0) is 66.9 Å². The van der Waals surface area contributed by atoms with Crippen molar-refractivity contribution >= 4 is 29.6 Å². The zero-order chi connectivity index (χ0) is 22.7. The van der Waals surface area contributed by atoms with E-state index >= 15 is 0 Å². The van der Waals surface area contributed by atoms with Gasteiger partial charge in [0.2, 0.25) is 0 Å². The number of benzene rings is 3. The van der Waals surface area contributed by atoms with Crippen molar-refractivity contribution in [3.8, 4) is 5.75 Å². The first kappa shape index (κ1) is 21.0. The van der Waals surface area contributed by atoms with Crippen molar-refractivity contribution < 1.29 is 19.1 Å². The summed E-state index contributed by atoms with van der Waals surface area (Å²) in [5.74, 6) is -0.737. The zero-order valence-corrected chi connectivity index (χ0v) is 17.7. The van der Waals surface area contributed by atoms with Gasteiger partial charge in [0.1, 0.15) is 5.75 Å². The number of hydrogen-bond donors (Lipinski definition) is 1. The van der Waals surface area contributed by atoms with Gasteiger partial charge in [0, 0.05) is 5.69 Å². The first-order chi connectivity index (χ1) is 15.4. The second-order valence-corrected chi connectivity index (χ2v) is 7.42. The summed E-state index contributed by atoms with van der Waals surface area (Å²) in [6.07, 6.45) is 1.41. The van der Waals surface area contributed by atoms with Gasteiger partial charge in [-0.1, -0.05) is 30.3 Å². The van der Waals surface area contributed by atoms with E-state index in [4.69, 9.17) is 4.74 Å². The lowest BCUT2D eigenvalue weighted by Gasteiger charge is -2.10. The third-order valence-electron chi connectivity index (χ3n) is 5.11. The SMILES string of the molecule is Cc1ccc(NC(=O)COc2cccc(C=NN3C(=O)c4ccccc4C3=O)c2)cc1C. The number of ether oxygens (including phenoxy) is 1. The Bertz CT molecular complexity index is 1210. The summed E-state index contributed by atoms with van der Waals surface area (Å²) < 4.78 is 5.58. The molecule has 3 amide bonds. The summed E-state index contributed by atoms with van der Waals surface area (Å²) in [4.78, 5) is 37.0. The third-order valence-corrected chi connectivity index (χ3v) is 5.11. The summed E-state index contributed by atoms with van der Waals surface area (Å²) in [6, 6.07) is 19.2. The Morgan fingerprint density at radius 3 is 2.34 bits per heavy atom. The van der Waals surface area contributed by atoms with Crippen molar-refractivity contribution in [1.82, 2.24) is 5.01 Å². The van der Waals surface area contributed by atoms with E-state index in [1.807, 2.05) is 32.0 Å². The fourth-order valence-electron chi connectivity index (χ4n) is 3.26. The highest BCUT2D eigenvalue weighted by atomic mass is 16.5. The smallest absolute Gasteiger partial charge is 0.282 e. The van der Waals surface area contributed by atoms with Gasteiger partial charge in [0.25, 0.3) is 17.7 Å². The van der Waals surface area contributed by atoms with Crippen molar-refractivity contribution in [3.05, 3.63) is 94.5 Å². The van der Waals surface area contributed by atoms with Crippen molar-refractivity contribution in [1.29, 1.82) is 0 Å². The molecule has 0 spiro atoms. The van der Waals surface area contributed by atoms with E-state index in [0.717, 1.165) is 16.1 Å². The molecule has 0 bridgehead atoms.